The van der Waals surface area contributed by atoms with Gasteiger partial charge in [-0.25, -0.2) is 4.98 Å². The summed E-state index contributed by atoms with van der Waals surface area (Å²) < 4.78 is 11.9. The maximum absolute atomic E-state index is 12.3. The highest BCUT2D eigenvalue weighted by molar-refractivity contribution is 7.22. The summed E-state index contributed by atoms with van der Waals surface area (Å²) >= 11 is 7.53. The van der Waals surface area contributed by atoms with Crippen LogP contribution in [-0.2, 0) is 9.59 Å². The van der Waals surface area contributed by atoms with Crippen LogP contribution >= 0.6 is 22.9 Å². The highest BCUT2D eigenvalue weighted by Gasteiger charge is 2.16. The van der Waals surface area contributed by atoms with E-state index in [4.69, 9.17) is 21.1 Å². The molecule has 3 aromatic rings. The van der Waals surface area contributed by atoms with Gasteiger partial charge in [-0.1, -0.05) is 22.9 Å². The Hall–Kier alpha value is -3.10. The first kappa shape index (κ1) is 19.2. The molecule has 0 radical (unpaired) electrons. The number of ether oxygens (including phenoxy) is 2. The van der Waals surface area contributed by atoms with Crippen LogP contribution in [0, 0.1) is 0 Å². The molecule has 2 heterocycles. The van der Waals surface area contributed by atoms with E-state index in [1.165, 1.54) is 24.3 Å². The van der Waals surface area contributed by atoms with Gasteiger partial charge in [-0.05, 0) is 42.0 Å². The molecule has 9 heteroatoms. The van der Waals surface area contributed by atoms with Gasteiger partial charge >= 0.3 is 0 Å². The fraction of sp³-hybridized carbons (Fsp3) is 0.150. The summed E-state index contributed by atoms with van der Waals surface area (Å²) in [6.45, 7) is 2.36. The van der Waals surface area contributed by atoms with Gasteiger partial charge in [-0.15, -0.1) is 0 Å². The average Bonchev–Trinajstić information content (AvgIpc) is 3.07. The van der Waals surface area contributed by atoms with Gasteiger partial charge in [0.2, 0.25) is 11.8 Å². The number of anilines is 2. The minimum atomic E-state index is -0.322. The second kappa shape index (κ2) is 8.10. The summed E-state index contributed by atoms with van der Waals surface area (Å²) in [4.78, 5) is 27.8. The van der Waals surface area contributed by atoms with Gasteiger partial charge in [0, 0.05) is 18.7 Å². The third kappa shape index (κ3) is 4.49. The molecule has 1 aliphatic heterocycles. The first-order valence-corrected chi connectivity index (χ1v) is 9.94. The quantitative estimate of drug-likeness (QED) is 0.602. The van der Waals surface area contributed by atoms with E-state index in [1.807, 2.05) is 6.07 Å². The number of halogens is 1. The number of nitrogens with zero attached hydrogens (tertiary/aromatic N) is 1. The molecule has 0 bridgehead atoms. The Bertz CT molecular complexity index is 1140. The monoisotopic (exact) mass is 429 g/mol. The number of hydrogen-bond acceptors (Lipinski definition) is 6. The van der Waals surface area contributed by atoms with Crippen molar-refractivity contribution in [3.8, 4) is 11.5 Å². The number of rotatable bonds is 4. The van der Waals surface area contributed by atoms with Crippen LogP contribution < -0.4 is 20.1 Å². The predicted molar refractivity (Wildman–Crippen MR) is 114 cm³/mol. The Balaban J connectivity index is 1.47. The fourth-order valence-corrected chi connectivity index (χ4v) is 3.99. The number of aromatic nitrogens is 1. The molecule has 0 atom stereocenters. The van der Waals surface area contributed by atoms with Crippen molar-refractivity contribution < 1.29 is 19.1 Å². The van der Waals surface area contributed by atoms with Crippen molar-refractivity contribution in [2.24, 2.45) is 0 Å². The zero-order chi connectivity index (χ0) is 20.4. The molecule has 148 valence electrons. The van der Waals surface area contributed by atoms with Gasteiger partial charge in [0.1, 0.15) is 13.2 Å². The molecule has 29 heavy (non-hydrogen) atoms. The Kier molecular flexibility index (Phi) is 5.37. The summed E-state index contributed by atoms with van der Waals surface area (Å²) in [6, 6.07) is 8.85. The van der Waals surface area contributed by atoms with E-state index >= 15 is 0 Å². The minimum absolute atomic E-state index is 0.147. The van der Waals surface area contributed by atoms with Crippen LogP contribution in [0.2, 0.25) is 5.02 Å². The number of amides is 2. The first-order valence-electron chi connectivity index (χ1n) is 8.74. The van der Waals surface area contributed by atoms with Crippen molar-refractivity contribution in [1.29, 1.82) is 0 Å². The second-order valence-corrected chi connectivity index (χ2v) is 7.67. The molecular weight excluding hydrogens is 414 g/mol. The Morgan fingerprint density at radius 1 is 1.17 bits per heavy atom. The fourth-order valence-electron chi connectivity index (χ4n) is 2.81. The normalized spacial score (nSPS) is 12.9. The van der Waals surface area contributed by atoms with E-state index in [0.29, 0.717) is 40.6 Å². The highest BCUT2D eigenvalue weighted by atomic mass is 35.5. The highest BCUT2D eigenvalue weighted by Crippen LogP contribution is 2.38. The SMILES string of the molecule is CC(=O)Nc1ccc2nc(NC(=O)/C=C/c3cc(Cl)c4c(c3)OCCO4)sc2c1. The van der Waals surface area contributed by atoms with E-state index in [-0.39, 0.29) is 11.8 Å². The van der Waals surface area contributed by atoms with Crippen LogP contribution in [0.25, 0.3) is 16.3 Å². The smallest absolute Gasteiger partial charge is 0.250 e. The first-order chi connectivity index (χ1) is 14.0. The largest absolute Gasteiger partial charge is 0.486 e. The Labute approximate surface area is 175 Å². The summed E-state index contributed by atoms with van der Waals surface area (Å²) in [7, 11) is 0. The van der Waals surface area contributed by atoms with Gasteiger partial charge in [-0.3, -0.25) is 14.9 Å². The van der Waals surface area contributed by atoms with E-state index in [1.54, 1.807) is 30.3 Å². The number of carbonyl (C=O) groups is 2. The number of carbonyl (C=O) groups excluding carboxylic acids is 2. The van der Waals surface area contributed by atoms with Gasteiger partial charge < -0.3 is 14.8 Å². The number of benzene rings is 2. The van der Waals surface area contributed by atoms with Crippen molar-refractivity contribution in [1.82, 2.24) is 4.98 Å². The number of hydrogen-bond donors (Lipinski definition) is 2. The van der Waals surface area contributed by atoms with Crippen LogP contribution in [0.1, 0.15) is 12.5 Å². The van der Waals surface area contributed by atoms with Crippen molar-refractivity contribution in [2.75, 3.05) is 23.8 Å². The van der Waals surface area contributed by atoms with Crippen LogP contribution in [0.3, 0.4) is 0 Å². The van der Waals surface area contributed by atoms with E-state index in [9.17, 15) is 9.59 Å². The molecule has 0 saturated carbocycles. The summed E-state index contributed by atoms with van der Waals surface area (Å²) in [5.41, 5.74) is 2.14. The summed E-state index contributed by atoms with van der Waals surface area (Å²) in [5.74, 6) is 0.613. The average molecular weight is 430 g/mol. The van der Waals surface area contributed by atoms with Crippen LogP contribution in [0.4, 0.5) is 10.8 Å². The van der Waals surface area contributed by atoms with Crippen LogP contribution in [-0.4, -0.2) is 30.0 Å². The van der Waals surface area contributed by atoms with Gasteiger partial charge in [-0.2, -0.15) is 0 Å². The molecule has 0 spiro atoms. The van der Waals surface area contributed by atoms with Gasteiger partial charge in [0.15, 0.2) is 16.6 Å². The molecule has 7 nitrogen and oxygen atoms in total. The van der Waals surface area contributed by atoms with Gasteiger partial charge in [0.25, 0.3) is 0 Å². The summed E-state index contributed by atoms with van der Waals surface area (Å²) in [6.07, 6.45) is 3.04. The lowest BCUT2D eigenvalue weighted by Gasteiger charge is -2.19. The molecule has 2 amide bonds. The lowest BCUT2D eigenvalue weighted by atomic mass is 10.1. The number of nitrogens with one attached hydrogen (secondary N) is 2. The number of thiazole rings is 1. The van der Waals surface area contributed by atoms with Crippen LogP contribution in [0.5, 0.6) is 11.5 Å². The second-order valence-electron chi connectivity index (χ2n) is 6.23. The van der Waals surface area contributed by atoms with Crippen LogP contribution in [0.15, 0.2) is 36.4 Å². The Morgan fingerprint density at radius 2 is 2.00 bits per heavy atom. The zero-order valence-electron chi connectivity index (χ0n) is 15.3. The van der Waals surface area contributed by atoms with Crippen molar-refractivity contribution in [3.05, 3.63) is 47.0 Å². The number of fused-ring (bicyclic) bond motifs is 2. The molecule has 0 unspecified atom stereocenters. The molecule has 1 aromatic heterocycles. The van der Waals surface area contributed by atoms with Gasteiger partial charge in [0.05, 0.1) is 15.2 Å². The molecule has 4 rings (SSSR count). The standard InChI is InChI=1S/C20H16ClN3O4S/c1-11(25)22-13-3-4-15-17(10-13)29-20(23-15)24-18(26)5-2-12-8-14(21)19-16(9-12)27-6-7-28-19/h2-5,8-10H,6-7H2,1H3,(H,22,25)(H,23,24,26)/b5-2+. The maximum atomic E-state index is 12.3. The zero-order valence-corrected chi connectivity index (χ0v) is 16.9. The van der Waals surface area contributed by atoms with E-state index in [0.717, 1.165) is 15.8 Å². The topological polar surface area (TPSA) is 89.6 Å². The van der Waals surface area contributed by atoms with E-state index < -0.39 is 0 Å². The molecule has 2 N–H and O–H groups in total. The molecule has 1 aliphatic rings. The molecule has 0 saturated heterocycles. The lowest BCUT2D eigenvalue weighted by Crippen LogP contribution is -2.15. The molecule has 2 aromatic carbocycles. The molecular formula is C20H16ClN3O4S. The molecule has 0 aliphatic carbocycles. The lowest BCUT2D eigenvalue weighted by molar-refractivity contribution is -0.114. The molecule has 0 fully saturated rings. The van der Waals surface area contributed by atoms with Crippen molar-refractivity contribution >= 4 is 61.9 Å². The predicted octanol–water partition coefficient (Wildman–Crippen LogP) is 4.33. The third-order valence-corrected chi connectivity index (χ3v) is 5.20. The maximum Gasteiger partial charge on any atom is 0.250 e. The Morgan fingerprint density at radius 3 is 2.83 bits per heavy atom. The third-order valence-electron chi connectivity index (χ3n) is 3.99. The minimum Gasteiger partial charge on any atom is -0.486 e. The van der Waals surface area contributed by atoms with E-state index in [2.05, 4.69) is 15.6 Å². The summed E-state index contributed by atoms with van der Waals surface area (Å²) in [5, 5.41) is 6.37. The van der Waals surface area contributed by atoms with Crippen molar-refractivity contribution in [2.45, 2.75) is 6.92 Å². The van der Waals surface area contributed by atoms with Crippen molar-refractivity contribution in [3.63, 3.8) is 0 Å².